The number of unbranched alkanes of at least 4 members (excludes halogenated alkanes) is 3. The van der Waals surface area contributed by atoms with Gasteiger partial charge in [-0.3, -0.25) is 0 Å². The zero-order valence-electron chi connectivity index (χ0n) is 19.5. The number of nitrogens with zero attached hydrogens (tertiary/aromatic N) is 1. The number of aromatic nitrogens is 1. The summed E-state index contributed by atoms with van der Waals surface area (Å²) >= 11 is -0.0531. The fourth-order valence-electron chi connectivity index (χ4n) is 4.16. The number of fused-ring (bicyclic) bond motifs is 1. The van der Waals surface area contributed by atoms with Gasteiger partial charge in [0.2, 0.25) is 0 Å². The number of carboxylic acids is 1. The third-order valence-electron chi connectivity index (χ3n) is 6.37. The molecule has 5 heteroatoms. The van der Waals surface area contributed by atoms with Crippen molar-refractivity contribution in [2.24, 2.45) is 0 Å². The fourth-order valence-corrected chi connectivity index (χ4v) is 5.97. The molecule has 0 unspecified atom stereocenters. The first-order valence-electron chi connectivity index (χ1n) is 11.3. The van der Waals surface area contributed by atoms with E-state index in [1.807, 2.05) is 6.07 Å². The van der Waals surface area contributed by atoms with Gasteiger partial charge in [0.15, 0.2) is 0 Å². The molecule has 0 amide bonds. The minimum atomic E-state index is -0.944. The Balaban J connectivity index is 1.95. The summed E-state index contributed by atoms with van der Waals surface area (Å²) < 4.78 is 8.45. The Labute approximate surface area is 193 Å². The average molecular weight is 489 g/mol. The van der Waals surface area contributed by atoms with Crippen molar-refractivity contribution in [2.45, 2.75) is 84.0 Å². The number of hydrogen-bond acceptors (Lipinski definition) is 3. The first kappa shape index (κ1) is 23.8. The van der Waals surface area contributed by atoms with Crippen molar-refractivity contribution in [3.8, 4) is 5.75 Å². The maximum atomic E-state index is 11.2. The van der Waals surface area contributed by atoms with E-state index in [1.165, 1.54) is 53.9 Å². The van der Waals surface area contributed by atoms with Crippen LogP contribution in [0.1, 0.15) is 94.6 Å². The molecule has 1 aromatic carbocycles. The summed E-state index contributed by atoms with van der Waals surface area (Å²) in [4.78, 5) is 15.6. The molecule has 0 radical (unpaired) electrons. The Morgan fingerprint density at radius 3 is 2.32 bits per heavy atom. The van der Waals surface area contributed by atoms with Gasteiger partial charge in [0.1, 0.15) is 0 Å². The van der Waals surface area contributed by atoms with Crippen molar-refractivity contribution in [1.29, 1.82) is 0 Å². The Kier molecular flexibility index (Phi) is 7.49. The second kappa shape index (κ2) is 9.75. The van der Waals surface area contributed by atoms with Crippen molar-refractivity contribution in [3.05, 3.63) is 47.2 Å². The van der Waals surface area contributed by atoms with Gasteiger partial charge in [0.25, 0.3) is 0 Å². The third-order valence-corrected chi connectivity index (χ3v) is 8.45. The first-order valence-corrected chi connectivity index (χ1v) is 13.0. The third kappa shape index (κ3) is 5.70. The number of benzene rings is 1. The van der Waals surface area contributed by atoms with Gasteiger partial charge >= 0.3 is 193 Å². The molecule has 0 bridgehead atoms. The second-order valence-corrected chi connectivity index (χ2v) is 12.0. The van der Waals surface area contributed by atoms with Crippen molar-refractivity contribution in [3.63, 3.8) is 0 Å². The van der Waals surface area contributed by atoms with Gasteiger partial charge < -0.3 is 0 Å². The number of rotatable bonds is 9. The zero-order valence-corrected chi connectivity index (χ0v) is 21.2. The second-order valence-electron chi connectivity index (χ2n) is 9.81. The Bertz CT molecular complexity index is 919. The van der Waals surface area contributed by atoms with Crippen molar-refractivity contribution >= 4 is 30.0 Å². The van der Waals surface area contributed by atoms with Crippen LogP contribution >= 0.6 is 0 Å². The van der Waals surface area contributed by atoms with Gasteiger partial charge in [-0.2, -0.15) is 0 Å². The van der Waals surface area contributed by atoms with E-state index < -0.39 is 5.97 Å². The Morgan fingerprint density at radius 2 is 1.74 bits per heavy atom. The summed E-state index contributed by atoms with van der Waals surface area (Å²) in [7, 11) is 0. The molecule has 168 valence electrons. The molecule has 0 saturated carbocycles. The average Bonchev–Trinajstić information content (AvgIpc) is 2.72. The standard InChI is InChI=1S/C26H35NO3Se/c1-6-7-8-9-14-30-21-15-19-20(26(4,5)13-12-25(19,2)3)16-22(21)31-23-11-10-18(17-27-23)24(28)29/h10-11,15-17H,6-9,12-14H2,1-5H3,(H,28,29). The number of ether oxygens (including phenoxy) is 1. The molecule has 1 aromatic heterocycles. The predicted molar refractivity (Wildman–Crippen MR) is 128 cm³/mol. The molecule has 0 fully saturated rings. The Hall–Kier alpha value is -1.84. The van der Waals surface area contributed by atoms with Crippen LogP contribution in [0.3, 0.4) is 0 Å². The zero-order chi connectivity index (χ0) is 22.6. The van der Waals surface area contributed by atoms with E-state index in [2.05, 4.69) is 51.7 Å². The van der Waals surface area contributed by atoms with Gasteiger partial charge in [-0.1, -0.05) is 0 Å². The number of carboxylic acid groups (broad SMARTS) is 1. The van der Waals surface area contributed by atoms with Gasteiger partial charge in [0, 0.05) is 0 Å². The van der Waals surface area contributed by atoms with Gasteiger partial charge in [-0.15, -0.1) is 0 Å². The monoisotopic (exact) mass is 489 g/mol. The van der Waals surface area contributed by atoms with Crippen LogP contribution in [0.15, 0.2) is 30.5 Å². The van der Waals surface area contributed by atoms with E-state index in [0.29, 0.717) is 0 Å². The molecule has 1 N–H and O–H groups in total. The summed E-state index contributed by atoms with van der Waals surface area (Å²) in [6.07, 6.45) is 8.51. The summed E-state index contributed by atoms with van der Waals surface area (Å²) in [6.45, 7) is 12.3. The van der Waals surface area contributed by atoms with E-state index in [9.17, 15) is 4.79 Å². The number of pyridine rings is 1. The summed E-state index contributed by atoms with van der Waals surface area (Å²) in [6, 6.07) is 8.12. The summed E-state index contributed by atoms with van der Waals surface area (Å²) in [5, 5.41) is 9.15. The predicted octanol–water partition coefficient (Wildman–Crippen LogP) is 4.74. The molecular formula is C26H35NO3Se. The number of aromatic carboxylic acids is 1. The summed E-state index contributed by atoms with van der Waals surface area (Å²) in [5.41, 5.74) is 3.32. The van der Waals surface area contributed by atoms with Crippen molar-refractivity contribution in [1.82, 2.24) is 4.98 Å². The summed E-state index contributed by atoms with van der Waals surface area (Å²) in [5.74, 6) is 0.0329. The molecule has 0 saturated heterocycles. The van der Waals surface area contributed by atoms with Crippen LogP contribution in [0.25, 0.3) is 0 Å². The van der Waals surface area contributed by atoms with Crippen LogP contribution in [-0.4, -0.2) is 37.6 Å². The van der Waals surface area contributed by atoms with Crippen LogP contribution in [0.5, 0.6) is 5.75 Å². The molecule has 3 rings (SSSR count). The van der Waals surface area contributed by atoms with Crippen molar-refractivity contribution in [2.75, 3.05) is 6.61 Å². The topological polar surface area (TPSA) is 59.4 Å². The SMILES string of the molecule is CCCCCCOc1cc2c(cc1[Se]c1ccc(C(=O)O)cn1)C(C)(C)CCC2(C)C. The normalized spacial score (nSPS) is 16.5. The van der Waals surface area contributed by atoms with Crippen LogP contribution in [0.4, 0.5) is 0 Å². The molecule has 1 aliphatic rings. The van der Waals surface area contributed by atoms with Crippen LogP contribution in [-0.2, 0) is 10.8 Å². The van der Waals surface area contributed by atoms with Gasteiger partial charge in [0.05, 0.1) is 0 Å². The van der Waals surface area contributed by atoms with E-state index >= 15 is 0 Å². The molecule has 31 heavy (non-hydrogen) atoms. The molecule has 2 aromatic rings. The molecular weight excluding hydrogens is 453 g/mol. The molecule has 4 nitrogen and oxygen atoms in total. The molecule has 1 heterocycles. The molecule has 0 aliphatic heterocycles. The number of carbonyl (C=O) groups is 1. The molecule has 1 aliphatic carbocycles. The van der Waals surface area contributed by atoms with Crippen molar-refractivity contribution < 1.29 is 14.6 Å². The van der Waals surface area contributed by atoms with E-state index in [4.69, 9.17) is 9.84 Å². The van der Waals surface area contributed by atoms with Crippen LogP contribution in [0, 0.1) is 0 Å². The molecule has 0 spiro atoms. The number of hydrogen-bond donors (Lipinski definition) is 1. The van der Waals surface area contributed by atoms with Gasteiger partial charge in [-0.05, 0) is 0 Å². The van der Waals surface area contributed by atoms with Crippen LogP contribution in [0.2, 0.25) is 0 Å². The van der Waals surface area contributed by atoms with E-state index in [1.54, 1.807) is 6.07 Å². The van der Waals surface area contributed by atoms with E-state index in [0.717, 1.165) is 23.4 Å². The quantitative estimate of drug-likeness (QED) is 0.409. The van der Waals surface area contributed by atoms with Gasteiger partial charge in [-0.25, -0.2) is 0 Å². The molecule has 0 atom stereocenters. The van der Waals surface area contributed by atoms with E-state index in [-0.39, 0.29) is 31.4 Å². The Morgan fingerprint density at radius 1 is 1.06 bits per heavy atom. The maximum absolute atomic E-state index is 11.2. The first-order chi connectivity index (χ1) is 14.6. The fraction of sp³-hybridized carbons (Fsp3) is 0.538. The van der Waals surface area contributed by atoms with Crippen LogP contribution < -0.4 is 13.8 Å². The minimum absolute atomic E-state index is 0.0531.